The van der Waals surface area contributed by atoms with Crippen molar-refractivity contribution < 1.29 is 5.11 Å². The number of nitrogens with zero attached hydrogens (tertiary/aromatic N) is 1. The highest BCUT2D eigenvalue weighted by molar-refractivity contribution is 5.88. The van der Waals surface area contributed by atoms with Gasteiger partial charge >= 0.3 is 0 Å². The first-order chi connectivity index (χ1) is 8.67. The summed E-state index contributed by atoms with van der Waals surface area (Å²) in [6, 6.07) is 4.44. The van der Waals surface area contributed by atoms with Crippen LogP contribution in [0.15, 0.2) is 18.3 Å². The first kappa shape index (κ1) is 13.1. The molecule has 1 heterocycles. The van der Waals surface area contributed by atoms with Gasteiger partial charge in [0.2, 0.25) is 0 Å². The molecule has 1 aromatic carbocycles. The van der Waals surface area contributed by atoms with Gasteiger partial charge in [0, 0.05) is 30.3 Å². The van der Waals surface area contributed by atoms with Gasteiger partial charge in [0.25, 0.3) is 0 Å². The Bertz CT molecular complexity index is 543. The number of benzene rings is 1. The summed E-state index contributed by atoms with van der Waals surface area (Å²) in [4.78, 5) is 0. The van der Waals surface area contributed by atoms with Gasteiger partial charge in [-0.1, -0.05) is 6.07 Å². The van der Waals surface area contributed by atoms with E-state index >= 15 is 0 Å². The highest BCUT2D eigenvalue weighted by Crippen LogP contribution is 2.27. The summed E-state index contributed by atoms with van der Waals surface area (Å²) in [7, 11) is 0. The van der Waals surface area contributed by atoms with Crippen LogP contribution in [0.2, 0.25) is 0 Å². The number of aryl methyl sites for hydroxylation is 3. The van der Waals surface area contributed by atoms with Gasteiger partial charge in [-0.05, 0) is 56.0 Å². The van der Waals surface area contributed by atoms with E-state index < -0.39 is 0 Å². The van der Waals surface area contributed by atoms with Crippen molar-refractivity contribution in [2.24, 2.45) is 5.73 Å². The van der Waals surface area contributed by atoms with Gasteiger partial charge in [-0.25, -0.2) is 0 Å². The van der Waals surface area contributed by atoms with Crippen LogP contribution in [-0.4, -0.2) is 22.8 Å². The lowest BCUT2D eigenvalue weighted by Crippen LogP contribution is -2.02. The van der Waals surface area contributed by atoms with E-state index in [4.69, 9.17) is 10.8 Å². The van der Waals surface area contributed by atoms with Gasteiger partial charge < -0.3 is 15.4 Å². The van der Waals surface area contributed by atoms with Crippen molar-refractivity contribution in [2.75, 3.05) is 13.2 Å². The van der Waals surface area contributed by atoms with E-state index in [1.165, 1.54) is 27.6 Å². The molecule has 0 spiro atoms. The molecule has 0 aliphatic heterocycles. The molecule has 98 valence electrons. The summed E-state index contributed by atoms with van der Waals surface area (Å²) in [6.07, 6.45) is 3.89. The largest absolute Gasteiger partial charge is 0.396 e. The summed E-state index contributed by atoms with van der Waals surface area (Å²) >= 11 is 0. The second-order valence-corrected chi connectivity index (χ2v) is 4.94. The minimum Gasteiger partial charge on any atom is -0.396 e. The Kier molecular flexibility index (Phi) is 4.04. The third-order valence-electron chi connectivity index (χ3n) is 3.37. The van der Waals surface area contributed by atoms with Gasteiger partial charge in [-0.3, -0.25) is 0 Å². The molecule has 2 rings (SSSR count). The Morgan fingerprint density at radius 1 is 1.28 bits per heavy atom. The average Bonchev–Trinajstić information content (AvgIpc) is 2.65. The highest BCUT2D eigenvalue weighted by Gasteiger charge is 2.10. The highest BCUT2D eigenvalue weighted by atomic mass is 16.3. The van der Waals surface area contributed by atoms with Crippen molar-refractivity contribution in [3.63, 3.8) is 0 Å². The molecule has 0 unspecified atom stereocenters. The standard InChI is InChI=1S/C15H22N2O/c1-11-8-12(2)15-13(4-5-16)10-17(6-3-7-18)14(15)9-11/h8-10,18H,3-7,16H2,1-2H3. The normalized spacial score (nSPS) is 11.3. The Morgan fingerprint density at radius 2 is 2.06 bits per heavy atom. The van der Waals surface area contributed by atoms with Gasteiger partial charge in [-0.15, -0.1) is 0 Å². The van der Waals surface area contributed by atoms with Crippen LogP contribution in [0.4, 0.5) is 0 Å². The zero-order valence-corrected chi connectivity index (χ0v) is 11.2. The van der Waals surface area contributed by atoms with E-state index in [0.717, 1.165) is 19.4 Å². The molecule has 0 bridgehead atoms. The van der Waals surface area contributed by atoms with E-state index in [1.807, 2.05) is 0 Å². The smallest absolute Gasteiger partial charge is 0.0488 e. The molecule has 0 amide bonds. The molecule has 2 aromatic rings. The quantitative estimate of drug-likeness (QED) is 0.849. The first-order valence-corrected chi connectivity index (χ1v) is 6.57. The SMILES string of the molecule is Cc1cc(C)c2c(CCN)cn(CCCO)c2c1. The molecule has 0 aliphatic carbocycles. The third-order valence-corrected chi connectivity index (χ3v) is 3.37. The van der Waals surface area contributed by atoms with Crippen molar-refractivity contribution in [1.29, 1.82) is 0 Å². The fraction of sp³-hybridized carbons (Fsp3) is 0.467. The van der Waals surface area contributed by atoms with E-state index in [2.05, 4.69) is 36.7 Å². The molecule has 0 radical (unpaired) electrons. The molecule has 1 aromatic heterocycles. The van der Waals surface area contributed by atoms with Crippen LogP contribution in [0.25, 0.3) is 10.9 Å². The maximum atomic E-state index is 8.99. The number of aromatic nitrogens is 1. The van der Waals surface area contributed by atoms with Crippen LogP contribution < -0.4 is 5.73 Å². The lowest BCUT2D eigenvalue weighted by molar-refractivity contribution is 0.280. The number of aliphatic hydroxyl groups is 1. The molecule has 0 fully saturated rings. The summed E-state index contributed by atoms with van der Waals surface area (Å²) in [5.74, 6) is 0. The number of rotatable bonds is 5. The number of aliphatic hydroxyl groups excluding tert-OH is 1. The van der Waals surface area contributed by atoms with Crippen LogP contribution in [0.3, 0.4) is 0 Å². The molecule has 3 heteroatoms. The van der Waals surface area contributed by atoms with Gasteiger partial charge in [0.15, 0.2) is 0 Å². The van der Waals surface area contributed by atoms with Crippen molar-refractivity contribution >= 4 is 10.9 Å². The maximum absolute atomic E-state index is 8.99. The Labute approximate surface area is 108 Å². The predicted molar refractivity (Wildman–Crippen MR) is 75.9 cm³/mol. The molecule has 3 N–H and O–H groups in total. The van der Waals surface area contributed by atoms with E-state index in [1.54, 1.807) is 0 Å². The van der Waals surface area contributed by atoms with E-state index in [9.17, 15) is 0 Å². The monoisotopic (exact) mass is 246 g/mol. The van der Waals surface area contributed by atoms with Crippen molar-refractivity contribution in [3.05, 3.63) is 35.0 Å². The van der Waals surface area contributed by atoms with Crippen LogP contribution in [0.5, 0.6) is 0 Å². The topological polar surface area (TPSA) is 51.2 Å². The van der Waals surface area contributed by atoms with Crippen LogP contribution >= 0.6 is 0 Å². The number of hydrogen-bond acceptors (Lipinski definition) is 2. The van der Waals surface area contributed by atoms with Crippen molar-refractivity contribution in [1.82, 2.24) is 4.57 Å². The lowest BCUT2D eigenvalue weighted by Gasteiger charge is -2.06. The van der Waals surface area contributed by atoms with Gasteiger partial charge in [-0.2, -0.15) is 0 Å². The number of nitrogens with two attached hydrogens (primary N) is 1. The maximum Gasteiger partial charge on any atom is 0.0488 e. The second kappa shape index (κ2) is 5.55. The molecular formula is C15H22N2O. The molecule has 18 heavy (non-hydrogen) atoms. The first-order valence-electron chi connectivity index (χ1n) is 6.57. The summed E-state index contributed by atoms with van der Waals surface area (Å²) in [5, 5.41) is 10.3. The van der Waals surface area contributed by atoms with Crippen LogP contribution in [-0.2, 0) is 13.0 Å². The average molecular weight is 246 g/mol. The van der Waals surface area contributed by atoms with Crippen molar-refractivity contribution in [2.45, 2.75) is 33.2 Å². The molecule has 0 saturated carbocycles. The van der Waals surface area contributed by atoms with Crippen molar-refractivity contribution in [3.8, 4) is 0 Å². The lowest BCUT2D eigenvalue weighted by atomic mass is 10.0. The summed E-state index contributed by atoms with van der Waals surface area (Å²) in [5.41, 5.74) is 10.9. The zero-order chi connectivity index (χ0) is 13.1. The zero-order valence-electron chi connectivity index (χ0n) is 11.2. The Balaban J connectivity index is 2.56. The van der Waals surface area contributed by atoms with E-state index in [0.29, 0.717) is 6.54 Å². The molecule has 0 saturated heterocycles. The van der Waals surface area contributed by atoms with E-state index in [-0.39, 0.29) is 6.61 Å². The van der Waals surface area contributed by atoms with Gasteiger partial charge in [0.1, 0.15) is 0 Å². The Hall–Kier alpha value is -1.32. The van der Waals surface area contributed by atoms with Crippen LogP contribution in [0.1, 0.15) is 23.1 Å². The summed E-state index contributed by atoms with van der Waals surface area (Å²) in [6.45, 7) is 6.05. The summed E-state index contributed by atoms with van der Waals surface area (Å²) < 4.78 is 2.25. The number of fused-ring (bicyclic) bond motifs is 1. The number of hydrogen-bond donors (Lipinski definition) is 2. The van der Waals surface area contributed by atoms with Gasteiger partial charge in [0.05, 0.1) is 0 Å². The van der Waals surface area contributed by atoms with Crippen LogP contribution in [0, 0.1) is 13.8 Å². The third kappa shape index (κ3) is 2.42. The minimum absolute atomic E-state index is 0.233. The fourth-order valence-electron chi connectivity index (χ4n) is 2.68. The fourth-order valence-corrected chi connectivity index (χ4v) is 2.68. The Morgan fingerprint density at radius 3 is 2.72 bits per heavy atom. The molecule has 0 atom stereocenters. The minimum atomic E-state index is 0.233. The molecular weight excluding hydrogens is 224 g/mol. The molecule has 3 nitrogen and oxygen atoms in total. The molecule has 0 aliphatic rings. The predicted octanol–water partition coefficient (Wildman–Crippen LogP) is 2.14. The second-order valence-electron chi connectivity index (χ2n) is 4.94.